The summed E-state index contributed by atoms with van der Waals surface area (Å²) in [5.41, 5.74) is 4.40. The lowest BCUT2D eigenvalue weighted by Crippen LogP contribution is -2.02. The maximum atomic E-state index is 4.72. The van der Waals surface area contributed by atoms with Crippen LogP contribution < -0.4 is 10.6 Å². The standard InChI is InChI=1S/C20H18N4S/c1-13-7-3-5-9-16(13)21-18-15-11-12-25-19(15)24-20(23-18)22-17-10-6-4-8-14(17)2/h3-12H,1-2H3,(H2,21,22,23,24). The van der Waals surface area contributed by atoms with E-state index < -0.39 is 0 Å². The summed E-state index contributed by atoms with van der Waals surface area (Å²) in [5, 5.41) is 9.87. The highest BCUT2D eigenvalue weighted by Gasteiger charge is 2.11. The molecule has 2 aromatic heterocycles. The fourth-order valence-electron chi connectivity index (χ4n) is 2.68. The number of anilines is 4. The van der Waals surface area contributed by atoms with Crippen molar-refractivity contribution in [2.75, 3.05) is 10.6 Å². The fraction of sp³-hybridized carbons (Fsp3) is 0.100. The average molecular weight is 346 g/mol. The minimum absolute atomic E-state index is 0.598. The third-order valence-electron chi connectivity index (χ3n) is 4.11. The second-order valence-electron chi connectivity index (χ2n) is 5.92. The number of fused-ring (bicyclic) bond motifs is 1. The molecule has 4 rings (SSSR count). The van der Waals surface area contributed by atoms with Crippen molar-refractivity contribution in [3.05, 3.63) is 71.1 Å². The molecule has 0 aliphatic carbocycles. The van der Waals surface area contributed by atoms with Crippen molar-refractivity contribution in [1.82, 2.24) is 9.97 Å². The van der Waals surface area contributed by atoms with E-state index in [1.54, 1.807) is 11.3 Å². The summed E-state index contributed by atoms with van der Waals surface area (Å²) in [4.78, 5) is 10.3. The molecule has 0 fully saturated rings. The second-order valence-corrected chi connectivity index (χ2v) is 6.81. The van der Waals surface area contributed by atoms with Crippen molar-refractivity contribution >= 4 is 44.7 Å². The third-order valence-corrected chi connectivity index (χ3v) is 4.92. The molecule has 4 aromatic rings. The molecule has 0 spiro atoms. The molecule has 0 aliphatic heterocycles. The van der Waals surface area contributed by atoms with E-state index >= 15 is 0 Å². The molecular weight excluding hydrogens is 328 g/mol. The Labute approximate surface area is 150 Å². The Hall–Kier alpha value is -2.92. The normalized spacial score (nSPS) is 10.8. The van der Waals surface area contributed by atoms with Gasteiger partial charge in [0.05, 0.1) is 5.39 Å². The molecule has 124 valence electrons. The van der Waals surface area contributed by atoms with Gasteiger partial charge in [0.15, 0.2) is 0 Å². The summed E-state index contributed by atoms with van der Waals surface area (Å²) < 4.78 is 0. The summed E-state index contributed by atoms with van der Waals surface area (Å²) in [6.07, 6.45) is 0. The van der Waals surface area contributed by atoms with E-state index in [2.05, 4.69) is 53.7 Å². The fourth-order valence-corrected chi connectivity index (χ4v) is 3.44. The Morgan fingerprint density at radius 1 is 0.760 bits per heavy atom. The Balaban J connectivity index is 1.75. The van der Waals surface area contributed by atoms with Gasteiger partial charge in [-0.15, -0.1) is 11.3 Å². The number of hydrogen-bond acceptors (Lipinski definition) is 5. The van der Waals surface area contributed by atoms with Gasteiger partial charge in [0.1, 0.15) is 10.6 Å². The molecule has 0 saturated carbocycles. The van der Waals surface area contributed by atoms with Crippen LogP contribution in [0.15, 0.2) is 60.0 Å². The Bertz CT molecular complexity index is 1040. The van der Waals surface area contributed by atoms with E-state index in [-0.39, 0.29) is 0 Å². The zero-order valence-electron chi connectivity index (χ0n) is 14.1. The molecule has 4 nitrogen and oxygen atoms in total. The van der Waals surface area contributed by atoms with Crippen LogP contribution in [-0.4, -0.2) is 9.97 Å². The highest BCUT2D eigenvalue weighted by Crippen LogP contribution is 2.30. The van der Waals surface area contributed by atoms with Crippen molar-refractivity contribution in [3.8, 4) is 0 Å². The van der Waals surface area contributed by atoms with Gasteiger partial charge in [-0.1, -0.05) is 36.4 Å². The van der Waals surface area contributed by atoms with Gasteiger partial charge < -0.3 is 10.6 Å². The van der Waals surface area contributed by atoms with E-state index in [0.29, 0.717) is 5.95 Å². The lowest BCUT2D eigenvalue weighted by atomic mass is 10.2. The Kier molecular flexibility index (Phi) is 4.07. The second kappa shape index (κ2) is 6.53. The van der Waals surface area contributed by atoms with E-state index in [4.69, 9.17) is 4.98 Å². The van der Waals surface area contributed by atoms with Crippen molar-refractivity contribution in [2.24, 2.45) is 0 Å². The molecule has 2 N–H and O–H groups in total. The summed E-state index contributed by atoms with van der Waals surface area (Å²) in [5.74, 6) is 1.41. The van der Waals surface area contributed by atoms with Gasteiger partial charge in [-0.3, -0.25) is 0 Å². The van der Waals surface area contributed by atoms with Crippen LogP contribution in [0, 0.1) is 13.8 Å². The van der Waals surface area contributed by atoms with E-state index in [1.165, 1.54) is 5.56 Å². The minimum Gasteiger partial charge on any atom is -0.339 e. The molecule has 0 unspecified atom stereocenters. The number of aromatic nitrogens is 2. The Morgan fingerprint density at radius 2 is 1.40 bits per heavy atom. The molecule has 25 heavy (non-hydrogen) atoms. The lowest BCUT2D eigenvalue weighted by Gasteiger charge is -2.12. The first kappa shape index (κ1) is 15.6. The quantitative estimate of drug-likeness (QED) is 0.490. The summed E-state index contributed by atoms with van der Waals surface area (Å²) in [6.45, 7) is 4.15. The molecule has 0 atom stereocenters. The van der Waals surface area contributed by atoms with Crippen LogP contribution in [0.1, 0.15) is 11.1 Å². The van der Waals surface area contributed by atoms with Gasteiger partial charge in [0.25, 0.3) is 0 Å². The largest absolute Gasteiger partial charge is 0.339 e. The maximum absolute atomic E-state index is 4.72. The molecule has 2 aromatic carbocycles. The van der Waals surface area contributed by atoms with Gasteiger partial charge >= 0.3 is 0 Å². The van der Waals surface area contributed by atoms with Crippen LogP contribution in [-0.2, 0) is 0 Å². The SMILES string of the molecule is Cc1ccccc1Nc1nc(Nc2ccccc2C)c2ccsc2n1. The van der Waals surface area contributed by atoms with Gasteiger partial charge in [-0.05, 0) is 48.6 Å². The average Bonchev–Trinajstić information content (AvgIpc) is 3.08. The zero-order chi connectivity index (χ0) is 17.2. The lowest BCUT2D eigenvalue weighted by molar-refractivity contribution is 1.21. The molecule has 0 saturated heterocycles. The number of nitrogens with zero attached hydrogens (tertiary/aromatic N) is 2. The first-order valence-electron chi connectivity index (χ1n) is 8.11. The first-order chi connectivity index (χ1) is 12.2. The number of aryl methyl sites for hydroxylation is 2. The van der Waals surface area contributed by atoms with E-state index in [9.17, 15) is 0 Å². The van der Waals surface area contributed by atoms with Crippen molar-refractivity contribution in [1.29, 1.82) is 0 Å². The predicted molar refractivity (Wildman–Crippen MR) is 106 cm³/mol. The number of rotatable bonds is 4. The highest BCUT2D eigenvalue weighted by molar-refractivity contribution is 7.16. The number of para-hydroxylation sites is 2. The molecule has 2 heterocycles. The zero-order valence-corrected chi connectivity index (χ0v) is 14.9. The van der Waals surface area contributed by atoms with Crippen LogP contribution in [0.4, 0.5) is 23.1 Å². The minimum atomic E-state index is 0.598. The van der Waals surface area contributed by atoms with Crippen molar-refractivity contribution in [3.63, 3.8) is 0 Å². The van der Waals surface area contributed by atoms with Gasteiger partial charge in [0.2, 0.25) is 5.95 Å². The smallest absolute Gasteiger partial charge is 0.230 e. The van der Waals surface area contributed by atoms with Crippen LogP contribution >= 0.6 is 11.3 Å². The molecule has 0 amide bonds. The van der Waals surface area contributed by atoms with Crippen LogP contribution in [0.2, 0.25) is 0 Å². The Morgan fingerprint density at radius 3 is 2.08 bits per heavy atom. The number of benzene rings is 2. The molecule has 0 radical (unpaired) electrons. The van der Waals surface area contributed by atoms with Gasteiger partial charge in [0, 0.05) is 11.4 Å². The number of hydrogen-bond donors (Lipinski definition) is 2. The van der Waals surface area contributed by atoms with E-state index in [1.807, 2.05) is 35.7 Å². The van der Waals surface area contributed by atoms with Crippen LogP contribution in [0.3, 0.4) is 0 Å². The molecular formula is C20H18N4S. The van der Waals surface area contributed by atoms with Gasteiger partial charge in [-0.2, -0.15) is 4.98 Å². The third kappa shape index (κ3) is 3.19. The van der Waals surface area contributed by atoms with Crippen molar-refractivity contribution < 1.29 is 0 Å². The molecule has 0 bridgehead atoms. The van der Waals surface area contributed by atoms with E-state index in [0.717, 1.165) is 33.0 Å². The predicted octanol–water partition coefficient (Wildman–Crippen LogP) is 5.80. The summed E-state index contributed by atoms with van der Waals surface area (Å²) >= 11 is 1.61. The monoisotopic (exact) mass is 346 g/mol. The summed E-state index contributed by atoms with van der Waals surface area (Å²) in [7, 11) is 0. The van der Waals surface area contributed by atoms with Crippen LogP contribution in [0.5, 0.6) is 0 Å². The highest BCUT2D eigenvalue weighted by atomic mass is 32.1. The van der Waals surface area contributed by atoms with Crippen molar-refractivity contribution in [2.45, 2.75) is 13.8 Å². The first-order valence-corrected chi connectivity index (χ1v) is 8.99. The van der Waals surface area contributed by atoms with Crippen LogP contribution in [0.25, 0.3) is 10.2 Å². The molecule has 0 aliphatic rings. The number of thiophene rings is 1. The topological polar surface area (TPSA) is 49.8 Å². The maximum Gasteiger partial charge on any atom is 0.230 e. The number of nitrogens with one attached hydrogen (secondary N) is 2. The van der Waals surface area contributed by atoms with Gasteiger partial charge in [-0.25, -0.2) is 4.98 Å². The molecule has 5 heteroatoms. The summed E-state index contributed by atoms with van der Waals surface area (Å²) in [6, 6.07) is 18.4.